The Hall–Kier alpha value is -1.83. The first-order valence-electron chi connectivity index (χ1n) is 7.01. The molecule has 0 saturated heterocycles. The molecule has 1 aliphatic carbocycles. The SMILES string of the molecule is Cc1nc(NCCC#N)cc(NC2CCCCC2)n1. The van der Waals surface area contributed by atoms with Gasteiger partial charge in [-0.3, -0.25) is 0 Å². The van der Waals surface area contributed by atoms with Gasteiger partial charge in [-0.25, -0.2) is 9.97 Å². The Morgan fingerprint density at radius 1 is 1.26 bits per heavy atom. The summed E-state index contributed by atoms with van der Waals surface area (Å²) in [6, 6.07) is 4.58. The zero-order chi connectivity index (χ0) is 13.5. The maximum absolute atomic E-state index is 8.53. The average molecular weight is 259 g/mol. The Morgan fingerprint density at radius 2 is 2.00 bits per heavy atom. The van der Waals surface area contributed by atoms with Crippen LogP contribution in [0.5, 0.6) is 0 Å². The topological polar surface area (TPSA) is 73.6 Å². The number of anilines is 2. The molecular weight excluding hydrogens is 238 g/mol. The fourth-order valence-electron chi connectivity index (χ4n) is 2.43. The van der Waals surface area contributed by atoms with Crippen molar-refractivity contribution in [2.75, 3.05) is 17.2 Å². The quantitative estimate of drug-likeness (QED) is 0.795. The van der Waals surface area contributed by atoms with Crippen LogP contribution in [-0.4, -0.2) is 22.6 Å². The molecule has 0 aliphatic heterocycles. The lowest BCUT2D eigenvalue weighted by Crippen LogP contribution is -2.23. The molecule has 1 aromatic rings. The van der Waals surface area contributed by atoms with E-state index in [1.807, 2.05) is 13.0 Å². The maximum Gasteiger partial charge on any atom is 0.132 e. The number of hydrogen-bond donors (Lipinski definition) is 2. The molecule has 5 nitrogen and oxygen atoms in total. The van der Waals surface area contributed by atoms with Gasteiger partial charge in [-0.2, -0.15) is 5.26 Å². The highest BCUT2D eigenvalue weighted by Crippen LogP contribution is 2.21. The van der Waals surface area contributed by atoms with E-state index in [2.05, 4.69) is 26.7 Å². The zero-order valence-corrected chi connectivity index (χ0v) is 11.4. The van der Waals surface area contributed by atoms with Crippen LogP contribution in [0.4, 0.5) is 11.6 Å². The summed E-state index contributed by atoms with van der Waals surface area (Å²) >= 11 is 0. The summed E-state index contributed by atoms with van der Waals surface area (Å²) in [5, 5.41) is 15.2. The third-order valence-corrected chi connectivity index (χ3v) is 3.34. The van der Waals surface area contributed by atoms with Crippen LogP contribution in [-0.2, 0) is 0 Å². The monoisotopic (exact) mass is 259 g/mol. The van der Waals surface area contributed by atoms with E-state index in [1.165, 1.54) is 32.1 Å². The molecule has 19 heavy (non-hydrogen) atoms. The van der Waals surface area contributed by atoms with Crippen LogP contribution in [0.15, 0.2) is 6.07 Å². The van der Waals surface area contributed by atoms with Crippen LogP contribution in [0, 0.1) is 18.3 Å². The lowest BCUT2D eigenvalue weighted by molar-refractivity contribution is 0.462. The molecule has 0 atom stereocenters. The lowest BCUT2D eigenvalue weighted by atomic mass is 9.95. The molecule has 1 fully saturated rings. The smallest absolute Gasteiger partial charge is 0.132 e. The van der Waals surface area contributed by atoms with Gasteiger partial charge >= 0.3 is 0 Å². The second-order valence-electron chi connectivity index (χ2n) is 5.00. The minimum absolute atomic E-state index is 0.481. The molecule has 1 heterocycles. The number of nitrogens with zero attached hydrogens (tertiary/aromatic N) is 3. The fourth-order valence-corrected chi connectivity index (χ4v) is 2.43. The average Bonchev–Trinajstić information content (AvgIpc) is 2.39. The van der Waals surface area contributed by atoms with E-state index in [0.717, 1.165) is 17.5 Å². The summed E-state index contributed by atoms with van der Waals surface area (Å²) < 4.78 is 0. The van der Waals surface area contributed by atoms with Gasteiger partial charge in [0.25, 0.3) is 0 Å². The minimum Gasteiger partial charge on any atom is -0.369 e. The third-order valence-electron chi connectivity index (χ3n) is 3.34. The highest BCUT2D eigenvalue weighted by molar-refractivity contribution is 5.48. The first-order valence-corrected chi connectivity index (χ1v) is 7.01. The molecule has 0 aromatic carbocycles. The van der Waals surface area contributed by atoms with E-state index in [-0.39, 0.29) is 0 Å². The molecule has 0 radical (unpaired) electrons. The molecule has 0 unspecified atom stereocenters. The van der Waals surface area contributed by atoms with Gasteiger partial charge in [-0.15, -0.1) is 0 Å². The summed E-state index contributed by atoms with van der Waals surface area (Å²) in [4.78, 5) is 8.76. The Balaban J connectivity index is 1.97. The largest absolute Gasteiger partial charge is 0.369 e. The first-order chi connectivity index (χ1) is 9.28. The van der Waals surface area contributed by atoms with Crippen molar-refractivity contribution in [1.82, 2.24) is 9.97 Å². The molecule has 1 aliphatic rings. The van der Waals surface area contributed by atoms with Crippen molar-refractivity contribution < 1.29 is 0 Å². The molecule has 0 amide bonds. The van der Waals surface area contributed by atoms with Gasteiger partial charge < -0.3 is 10.6 Å². The number of nitriles is 1. The lowest BCUT2D eigenvalue weighted by Gasteiger charge is -2.23. The van der Waals surface area contributed by atoms with Gasteiger partial charge in [-0.05, 0) is 19.8 Å². The van der Waals surface area contributed by atoms with Crippen molar-refractivity contribution in [1.29, 1.82) is 5.26 Å². The summed E-state index contributed by atoms with van der Waals surface area (Å²) in [5.41, 5.74) is 0. The molecule has 2 N–H and O–H groups in total. The van der Waals surface area contributed by atoms with E-state index in [4.69, 9.17) is 5.26 Å². The summed E-state index contributed by atoms with van der Waals surface area (Å²) in [6.45, 7) is 2.51. The minimum atomic E-state index is 0.481. The number of aryl methyl sites for hydroxylation is 1. The Bertz CT molecular complexity index is 446. The van der Waals surface area contributed by atoms with Gasteiger partial charge in [0.15, 0.2) is 0 Å². The van der Waals surface area contributed by atoms with E-state index in [1.54, 1.807) is 0 Å². The summed E-state index contributed by atoms with van der Waals surface area (Å²) in [5.74, 6) is 2.43. The Kier molecular flexibility index (Phi) is 4.96. The van der Waals surface area contributed by atoms with Gasteiger partial charge in [-0.1, -0.05) is 19.3 Å². The predicted molar refractivity (Wildman–Crippen MR) is 76.0 cm³/mol. The van der Waals surface area contributed by atoms with Crippen molar-refractivity contribution in [3.05, 3.63) is 11.9 Å². The van der Waals surface area contributed by atoms with Gasteiger partial charge in [0.2, 0.25) is 0 Å². The van der Waals surface area contributed by atoms with Gasteiger partial charge in [0, 0.05) is 18.7 Å². The fraction of sp³-hybridized carbons (Fsp3) is 0.643. The molecule has 1 saturated carbocycles. The predicted octanol–water partition coefficient (Wildman–Crippen LogP) is 2.86. The Morgan fingerprint density at radius 3 is 2.74 bits per heavy atom. The number of hydrogen-bond acceptors (Lipinski definition) is 5. The molecule has 102 valence electrons. The number of rotatable bonds is 5. The van der Waals surface area contributed by atoms with E-state index >= 15 is 0 Å². The van der Waals surface area contributed by atoms with E-state index in [0.29, 0.717) is 19.0 Å². The standard InChI is InChI=1S/C14H21N5/c1-11-17-13(16-9-5-8-15)10-14(18-11)19-12-6-3-2-4-7-12/h10,12H,2-7,9H2,1H3,(H2,16,17,18,19). The third kappa shape index (κ3) is 4.40. The maximum atomic E-state index is 8.53. The van der Waals surface area contributed by atoms with Crippen LogP contribution in [0.1, 0.15) is 44.3 Å². The van der Waals surface area contributed by atoms with Crippen LogP contribution in [0.3, 0.4) is 0 Å². The Labute approximate surface area is 114 Å². The first kappa shape index (κ1) is 13.6. The molecule has 1 aromatic heterocycles. The second-order valence-corrected chi connectivity index (χ2v) is 5.00. The van der Waals surface area contributed by atoms with Crippen LogP contribution in [0.2, 0.25) is 0 Å². The molecular formula is C14H21N5. The van der Waals surface area contributed by atoms with Crippen LogP contribution < -0.4 is 10.6 Å². The molecule has 0 bridgehead atoms. The van der Waals surface area contributed by atoms with E-state index in [9.17, 15) is 0 Å². The normalized spacial score (nSPS) is 15.8. The summed E-state index contributed by atoms with van der Waals surface area (Å²) in [6.07, 6.45) is 6.88. The second kappa shape index (κ2) is 6.93. The zero-order valence-electron chi connectivity index (χ0n) is 11.4. The van der Waals surface area contributed by atoms with Crippen molar-refractivity contribution >= 4 is 11.6 Å². The van der Waals surface area contributed by atoms with Crippen molar-refractivity contribution in [2.45, 2.75) is 51.5 Å². The molecule has 0 spiro atoms. The highest BCUT2D eigenvalue weighted by Gasteiger charge is 2.14. The van der Waals surface area contributed by atoms with Gasteiger partial charge in [0.05, 0.1) is 12.5 Å². The van der Waals surface area contributed by atoms with Gasteiger partial charge in [0.1, 0.15) is 17.5 Å². The van der Waals surface area contributed by atoms with E-state index < -0.39 is 0 Å². The number of aromatic nitrogens is 2. The summed E-state index contributed by atoms with van der Waals surface area (Å²) in [7, 11) is 0. The van der Waals surface area contributed by atoms with Crippen LogP contribution >= 0.6 is 0 Å². The molecule has 2 rings (SSSR count). The van der Waals surface area contributed by atoms with Crippen LogP contribution in [0.25, 0.3) is 0 Å². The van der Waals surface area contributed by atoms with Crippen molar-refractivity contribution in [2.24, 2.45) is 0 Å². The highest BCUT2D eigenvalue weighted by atomic mass is 15.1. The number of nitrogens with one attached hydrogen (secondary N) is 2. The molecule has 5 heteroatoms. The van der Waals surface area contributed by atoms with Crippen molar-refractivity contribution in [3.8, 4) is 6.07 Å². The van der Waals surface area contributed by atoms with Crippen molar-refractivity contribution in [3.63, 3.8) is 0 Å².